The highest BCUT2D eigenvalue weighted by atomic mass is 16.7. The van der Waals surface area contributed by atoms with Gasteiger partial charge >= 0.3 is 0 Å². The minimum atomic E-state index is -0.0934. The van der Waals surface area contributed by atoms with Gasteiger partial charge in [0.25, 0.3) is 0 Å². The van der Waals surface area contributed by atoms with E-state index in [-0.39, 0.29) is 18.6 Å². The number of carbonyl (C=O) groups excluding carboxylic acids is 2. The standard InChI is InChI=1S/C15H16N2O4/c18-14-5-7-17(8-6-16-14)15(19)4-2-11-1-3-12-13(9-11)21-10-20-12/h1-4,9H,5-8,10H2,(H,16,18). The van der Waals surface area contributed by atoms with Crippen molar-refractivity contribution >= 4 is 17.9 Å². The van der Waals surface area contributed by atoms with Crippen molar-refractivity contribution in [2.45, 2.75) is 6.42 Å². The van der Waals surface area contributed by atoms with Crippen molar-refractivity contribution in [3.05, 3.63) is 29.8 Å². The van der Waals surface area contributed by atoms with Gasteiger partial charge in [-0.15, -0.1) is 0 Å². The zero-order valence-corrected chi connectivity index (χ0v) is 11.5. The average molecular weight is 288 g/mol. The molecule has 0 radical (unpaired) electrons. The van der Waals surface area contributed by atoms with E-state index in [1.54, 1.807) is 11.0 Å². The van der Waals surface area contributed by atoms with Gasteiger partial charge in [0.15, 0.2) is 11.5 Å². The zero-order chi connectivity index (χ0) is 14.7. The number of benzene rings is 1. The summed E-state index contributed by atoms with van der Waals surface area (Å²) in [5.41, 5.74) is 0.872. The molecule has 1 N–H and O–H groups in total. The van der Waals surface area contributed by atoms with Crippen LogP contribution in [-0.2, 0) is 9.59 Å². The number of hydrogen-bond acceptors (Lipinski definition) is 4. The van der Waals surface area contributed by atoms with Crippen molar-refractivity contribution in [2.24, 2.45) is 0 Å². The van der Waals surface area contributed by atoms with Crippen molar-refractivity contribution in [3.63, 3.8) is 0 Å². The minimum Gasteiger partial charge on any atom is -0.454 e. The van der Waals surface area contributed by atoms with Gasteiger partial charge in [0.2, 0.25) is 18.6 Å². The second-order valence-corrected chi connectivity index (χ2v) is 4.87. The number of rotatable bonds is 2. The highest BCUT2D eigenvalue weighted by Gasteiger charge is 2.16. The van der Waals surface area contributed by atoms with Crippen LogP contribution in [0.5, 0.6) is 11.5 Å². The molecule has 6 heteroatoms. The van der Waals surface area contributed by atoms with Crippen molar-refractivity contribution in [1.29, 1.82) is 0 Å². The molecule has 0 aliphatic carbocycles. The Morgan fingerprint density at radius 2 is 2.10 bits per heavy atom. The van der Waals surface area contributed by atoms with E-state index in [2.05, 4.69) is 5.32 Å². The van der Waals surface area contributed by atoms with E-state index in [1.165, 1.54) is 6.08 Å². The minimum absolute atomic E-state index is 0.00921. The molecule has 0 atom stereocenters. The summed E-state index contributed by atoms with van der Waals surface area (Å²) in [6.45, 7) is 1.73. The van der Waals surface area contributed by atoms with Gasteiger partial charge in [-0.1, -0.05) is 6.07 Å². The van der Waals surface area contributed by atoms with Crippen LogP contribution in [0.4, 0.5) is 0 Å². The summed E-state index contributed by atoms with van der Waals surface area (Å²) >= 11 is 0. The van der Waals surface area contributed by atoms with Crippen LogP contribution in [0, 0.1) is 0 Å². The van der Waals surface area contributed by atoms with Crippen LogP contribution in [-0.4, -0.2) is 43.1 Å². The van der Waals surface area contributed by atoms with E-state index in [1.807, 2.05) is 18.2 Å². The number of nitrogens with one attached hydrogen (secondary N) is 1. The highest BCUT2D eigenvalue weighted by Crippen LogP contribution is 2.32. The fourth-order valence-corrected chi connectivity index (χ4v) is 2.28. The number of carbonyl (C=O) groups is 2. The number of ether oxygens (including phenoxy) is 2. The van der Waals surface area contributed by atoms with E-state index in [4.69, 9.17) is 9.47 Å². The number of nitrogens with zero attached hydrogens (tertiary/aromatic N) is 1. The molecule has 2 aliphatic heterocycles. The van der Waals surface area contributed by atoms with E-state index < -0.39 is 0 Å². The van der Waals surface area contributed by atoms with Gasteiger partial charge in [-0.05, 0) is 23.8 Å². The first-order valence-electron chi connectivity index (χ1n) is 6.86. The lowest BCUT2D eigenvalue weighted by atomic mass is 10.2. The molecule has 110 valence electrons. The maximum Gasteiger partial charge on any atom is 0.246 e. The van der Waals surface area contributed by atoms with Crippen LogP contribution in [0.1, 0.15) is 12.0 Å². The summed E-state index contributed by atoms with van der Waals surface area (Å²) in [6.07, 6.45) is 3.61. The molecule has 2 amide bonds. The van der Waals surface area contributed by atoms with Gasteiger partial charge in [0, 0.05) is 32.1 Å². The van der Waals surface area contributed by atoms with E-state index >= 15 is 0 Å². The van der Waals surface area contributed by atoms with Gasteiger partial charge in [-0.2, -0.15) is 0 Å². The lowest BCUT2D eigenvalue weighted by Crippen LogP contribution is -2.32. The number of hydrogen-bond donors (Lipinski definition) is 1. The molecular weight excluding hydrogens is 272 g/mol. The molecule has 1 saturated heterocycles. The molecule has 6 nitrogen and oxygen atoms in total. The predicted octanol–water partition coefficient (Wildman–Crippen LogP) is 0.777. The first kappa shape index (κ1) is 13.5. The molecule has 0 aromatic heterocycles. The summed E-state index contributed by atoms with van der Waals surface area (Å²) in [4.78, 5) is 25.0. The van der Waals surface area contributed by atoms with Crippen LogP contribution < -0.4 is 14.8 Å². The Bertz CT molecular complexity index is 597. The van der Waals surface area contributed by atoms with Crippen LogP contribution in [0.3, 0.4) is 0 Å². The third-order valence-electron chi connectivity index (χ3n) is 3.44. The predicted molar refractivity (Wildman–Crippen MR) is 75.8 cm³/mol. The molecule has 0 bridgehead atoms. The normalized spacial score (nSPS) is 17.7. The Labute approximate surface area is 122 Å². The van der Waals surface area contributed by atoms with Crippen LogP contribution in [0.25, 0.3) is 6.08 Å². The van der Waals surface area contributed by atoms with Gasteiger partial charge in [0.1, 0.15) is 0 Å². The molecule has 0 unspecified atom stereocenters. The SMILES string of the molecule is O=C1CCN(C(=O)C=Cc2ccc3c(c2)OCO3)CCN1. The summed E-state index contributed by atoms with van der Waals surface area (Å²) in [5.74, 6) is 1.30. The summed E-state index contributed by atoms with van der Waals surface area (Å²) in [5, 5.41) is 2.74. The Morgan fingerprint density at radius 3 is 3.00 bits per heavy atom. The summed E-state index contributed by atoms with van der Waals surface area (Å²) in [7, 11) is 0. The van der Waals surface area contributed by atoms with E-state index in [0.29, 0.717) is 31.8 Å². The molecule has 1 fully saturated rings. The van der Waals surface area contributed by atoms with E-state index in [0.717, 1.165) is 11.3 Å². The Hall–Kier alpha value is -2.50. The molecule has 2 aliphatic rings. The zero-order valence-electron chi connectivity index (χ0n) is 11.5. The first-order valence-corrected chi connectivity index (χ1v) is 6.86. The Morgan fingerprint density at radius 1 is 1.24 bits per heavy atom. The number of fused-ring (bicyclic) bond motifs is 1. The largest absolute Gasteiger partial charge is 0.454 e. The Balaban J connectivity index is 1.65. The maximum absolute atomic E-state index is 12.1. The smallest absolute Gasteiger partial charge is 0.246 e. The van der Waals surface area contributed by atoms with Crippen molar-refractivity contribution in [1.82, 2.24) is 10.2 Å². The molecule has 21 heavy (non-hydrogen) atoms. The molecule has 1 aromatic carbocycles. The van der Waals surface area contributed by atoms with Gasteiger partial charge in [0.05, 0.1) is 0 Å². The molecular formula is C15H16N2O4. The average Bonchev–Trinajstić information content (AvgIpc) is 2.85. The quantitative estimate of drug-likeness (QED) is 0.817. The summed E-state index contributed by atoms with van der Waals surface area (Å²) in [6, 6.07) is 5.52. The second kappa shape index (κ2) is 5.87. The molecule has 3 rings (SSSR count). The van der Waals surface area contributed by atoms with Gasteiger partial charge < -0.3 is 19.7 Å². The van der Waals surface area contributed by atoms with Crippen LogP contribution in [0.15, 0.2) is 24.3 Å². The van der Waals surface area contributed by atoms with Gasteiger partial charge in [-0.25, -0.2) is 0 Å². The van der Waals surface area contributed by atoms with Crippen LogP contribution >= 0.6 is 0 Å². The molecule has 0 saturated carbocycles. The fourth-order valence-electron chi connectivity index (χ4n) is 2.28. The van der Waals surface area contributed by atoms with Crippen molar-refractivity contribution < 1.29 is 19.1 Å². The topological polar surface area (TPSA) is 67.9 Å². The summed E-state index contributed by atoms with van der Waals surface area (Å²) < 4.78 is 10.5. The molecule has 0 spiro atoms. The third-order valence-corrected chi connectivity index (χ3v) is 3.44. The second-order valence-electron chi connectivity index (χ2n) is 4.87. The number of amides is 2. The highest BCUT2D eigenvalue weighted by molar-refractivity contribution is 5.92. The molecule has 1 aromatic rings. The molecule has 2 heterocycles. The first-order chi connectivity index (χ1) is 10.2. The van der Waals surface area contributed by atoms with Crippen molar-refractivity contribution in [2.75, 3.05) is 26.4 Å². The lowest BCUT2D eigenvalue weighted by Gasteiger charge is -2.17. The lowest BCUT2D eigenvalue weighted by molar-refractivity contribution is -0.125. The monoisotopic (exact) mass is 288 g/mol. The van der Waals surface area contributed by atoms with Crippen LogP contribution in [0.2, 0.25) is 0 Å². The van der Waals surface area contributed by atoms with E-state index in [9.17, 15) is 9.59 Å². The Kier molecular flexibility index (Phi) is 3.77. The maximum atomic E-state index is 12.1. The van der Waals surface area contributed by atoms with Crippen molar-refractivity contribution in [3.8, 4) is 11.5 Å². The fraction of sp³-hybridized carbons (Fsp3) is 0.333. The van der Waals surface area contributed by atoms with Gasteiger partial charge in [-0.3, -0.25) is 9.59 Å². The third kappa shape index (κ3) is 3.16.